The lowest BCUT2D eigenvalue weighted by Crippen LogP contribution is -2.42. The van der Waals surface area contributed by atoms with Crippen LogP contribution in [0.5, 0.6) is 0 Å². The summed E-state index contributed by atoms with van der Waals surface area (Å²) >= 11 is 12.1. The molecular formula is C20H19Cl2NO3. The van der Waals surface area contributed by atoms with Gasteiger partial charge < -0.3 is 9.64 Å². The number of Topliss-reactive ketones (excluding diaryl/α,β-unsaturated/α-hetero) is 1. The van der Waals surface area contributed by atoms with Crippen LogP contribution < -0.4 is 0 Å². The molecular weight excluding hydrogens is 373 g/mol. The van der Waals surface area contributed by atoms with Crippen LogP contribution in [0.15, 0.2) is 48.5 Å². The highest BCUT2D eigenvalue weighted by Gasteiger charge is 2.26. The van der Waals surface area contributed by atoms with Gasteiger partial charge in [-0.3, -0.25) is 9.59 Å². The second-order valence-electron chi connectivity index (χ2n) is 6.16. The summed E-state index contributed by atoms with van der Waals surface area (Å²) in [5, 5.41) is 1.05. The van der Waals surface area contributed by atoms with Gasteiger partial charge in [0.1, 0.15) is 6.10 Å². The Morgan fingerprint density at radius 2 is 1.88 bits per heavy atom. The molecule has 0 bridgehead atoms. The maximum absolute atomic E-state index is 12.5. The topological polar surface area (TPSA) is 46.6 Å². The zero-order valence-electron chi connectivity index (χ0n) is 14.2. The number of carbonyl (C=O) groups is 2. The summed E-state index contributed by atoms with van der Waals surface area (Å²) < 4.78 is 5.77. The third kappa shape index (κ3) is 4.64. The van der Waals surface area contributed by atoms with Crippen LogP contribution in [0.1, 0.15) is 34.9 Å². The van der Waals surface area contributed by atoms with Crippen LogP contribution in [-0.4, -0.2) is 36.3 Å². The highest BCUT2D eigenvalue weighted by molar-refractivity contribution is 6.34. The summed E-state index contributed by atoms with van der Waals surface area (Å²) in [5.74, 6) is -0.177. The second-order valence-corrected chi connectivity index (χ2v) is 7.00. The summed E-state index contributed by atoms with van der Waals surface area (Å²) in [7, 11) is 0. The Kier molecular flexibility index (Phi) is 6.30. The Morgan fingerprint density at radius 1 is 1.08 bits per heavy atom. The third-order valence-electron chi connectivity index (χ3n) is 4.38. The van der Waals surface area contributed by atoms with E-state index in [2.05, 4.69) is 0 Å². The van der Waals surface area contributed by atoms with Gasteiger partial charge in [-0.2, -0.15) is 0 Å². The zero-order valence-corrected chi connectivity index (χ0v) is 15.7. The fourth-order valence-electron chi connectivity index (χ4n) is 2.98. The predicted molar refractivity (Wildman–Crippen MR) is 102 cm³/mol. The molecule has 0 aliphatic carbocycles. The van der Waals surface area contributed by atoms with Crippen LogP contribution in [0.3, 0.4) is 0 Å². The highest BCUT2D eigenvalue weighted by Crippen LogP contribution is 2.25. The lowest BCUT2D eigenvalue weighted by atomic mass is 10.0. The number of rotatable bonds is 5. The molecule has 0 spiro atoms. The van der Waals surface area contributed by atoms with E-state index in [1.54, 1.807) is 35.2 Å². The summed E-state index contributed by atoms with van der Waals surface area (Å²) in [5.41, 5.74) is 1.41. The van der Waals surface area contributed by atoms with Gasteiger partial charge in [0, 0.05) is 30.0 Å². The fraction of sp³-hybridized carbons (Fsp3) is 0.300. The number of amides is 1. The van der Waals surface area contributed by atoms with E-state index in [0.29, 0.717) is 35.3 Å². The third-order valence-corrected chi connectivity index (χ3v) is 4.94. The average Bonchev–Trinajstić information content (AvgIpc) is 2.66. The van der Waals surface area contributed by atoms with E-state index in [1.165, 1.54) is 0 Å². The molecule has 1 aliphatic rings. The first-order valence-electron chi connectivity index (χ1n) is 8.47. The van der Waals surface area contributed by atoms with Crippen LogP contribution in [0.25, 0.3) is 0 Å². The van der Waals surface area contributed by atoms with Crippen molar-refractivity contribution >= 4 is 34.9 Å². The van der Waals surface area contributed by atoms with Gasteiger partial charge in [-0.05, 0) is 29.8 Å². The lowest BCUT2D eigenvalue weighted by Gasteiger charge is -2.33. The molecule has 2 aromatic rings. The van der Waals surface area contributed by atoms with E-state index < -0.39 is 0 Å². The molecule has 6 heteroatoms. The molecule has 1 unspecified atom stereocenters. The molecule has 1 atom stereocenters. The largest absolute Gasteiger partial charge is 0.370 e. The molecule has 136 valence electrons. The molecule has 26 heavy (non-hydrogen) atoms. The van der Waals surface area contributed by atoms with Gasteiger partial charge in [-0.15, -0.1) is 0 Å². The Hall–Kier alpha value is -1.88. The van der Waals surface area contributed by atoms with Crippen molar-refractivity contribution < 1.29 is 14.3 Å². The Labute approximate surface area is 162 Å². The predicted octanol–water partition coefficient (Wildman–Crippen LogP) is 4.56. The van der Waals surface area contributed by atoms with Crippen LogP contribution >= 0.6 is 23.2 Å². The molecule has 1 saturated heterocycles. The van der Waals surface area contributed by atoms with Crippen molar-refractivity contribution in [3.8, 4) is 0 Å². The fourth-order valence-corrected chi connectivity index (χ4v) is 3.42. The monoisotopic (exact) mass is 391 g/mol. The molecule has 1 aliphatic heterocycles. The van der Waals surface area contributed by atoms with Crippen molar-refractivity contribution in [3.05, 3.63) is 69.7 Å². The van der Waals surface area contributed by atoms with Gasteiger partial charge >= 0.3 is 0 Å². The standard InChI is InChI=1S/C20H19Cl2NO3/c21-15-5-3-4-14(12-15)19-13-23(10-11-26-19)20(25)9-8-18(24)16-6-1-2-7-17(16)22/h1-7,12,19H,8-11,13H2. The van der Waals surface area contributed by atoms with Crippen molar-refractivity contribution in [1.82, 2.24) is 4.90 Å². The van der Waals surface area contributed by atoms with Crippen LogP contribution in [0.4, 0.5) is 0 Å². The van der Waals surface area contributed by atoms with E-state index in [4.69, 9.17) is 27.9 Å². The van der Waals surface area contributed by atoms with E-state index in [1.807, 2.05) is 18.2 Å². The SMILES string of the molecule is O=C(CCC(=O)N1CCOC(c2cccc(Cl)c2)C1)c1ccccc1Cl. The number of halogens is 2. The van der Waals surface area contributed by atoms with Gasteiger partial charge in [0.15, 0.2) is 5.78 Å². The number of benzene rings is 2. The first-order valence-corrected chi connectivity index (χ1v) is 9.23. The molecule has 1 amide bonds. The molecule has 1 fully saturated rings. The minimum absolute atomic E-state index is 0.0549. The maximum atomic E-state index is 12.5. The molecule has 0 saturated carbocycles. The quantitative estimate of drug-likeness (QED) is 0.701. The summed E-state index contributed by atoms with van der Waals surface area (Å²) in [4.78, 5) is 26.5. The zero-order chi connectivity index (χ0) is 18.5. The van der Waals surface area contributed by atoms with Crippen LogP contribution in [-0.2, 0) is 9.53 Å². The van der Waals surface area contributed by atoms with Crippen LogP contribution in [0.2, 0.25) is 10.0 Å². The Morgan fingerprint density at radius 3 is 2.65 bits per heavy atom. The summed E-state index contributed by atoms with van der Waals surface area (Å²) in [6, 6.07) is 14.3. The number of carbonyl (C=O) groups excluding carboxylic acids is 2. The number of ketones is 1. The molecule has 0 radical (unpaired) electrons. The van der Waals surface area contributed by atoms with Crippen LogP contribution in [0, 0.1) is 0 Å². The van der Waals surface area contributed by atoms with Gasteiger partial charge in [0.05, 0.1) is 18.2 Å². The number of nitrogens with zero attached hydrogens (tertiary/aromatic N) is 1. The normalized spacial score (nSPS) is 17.2. The van der Waals surface area contributed by atoms with Crippen molar-refractivity contribution in [3.63, 3.8) is 0 Å². The summed E-state index contributed by atoms with van der Waals surface area (Å²) in [6.07, 6.45) is 0.0966. The van der Waals surface area contributed by atoms with E-state index in [0.717, 1.165) is 5.56 Å². The van der Waals surface area contributed by atoms with E-state index in [-0.39, 0.29) is 30.6 Å². The molecule has 4 nitrogen and oxygen atoms in total. The highest BCUT2D eigenvalue weighted by atomic mass is 35.5. The lowest BCUT2D eigenvalue weighted by molar-refractivity contribution is -0.139. The van der Waals surface area contributed by atoms with Crippen molar-refractivity contribution in [1.29, 1.82) is 0 Å². The van der Waals surface area contributed by atoms with Crippen molar-refractivity contribution in [2.24, 2.45) is 0 Å². The maximum Gasteiger partial charge on any atom is 0.223 e. The van der Waals surface area contributed by atoms with E-state index >= 15 is 0 Å². The molecule has 3 rings (SSSR count). The van der Waals surface area contributed by atoms with Gasteiger partial charge in [0.25, 0.3) is 0 Å². The number of morpholine rings is 1. The minimum atomic E-state index is -0.203. The second kappa shape index (κ2) is 8.67. The molecule has 0 N–H and O–H groups in total. The summed E-state index contributed by atoms with van der Waals surface area (Å²) in [6.45, 7) is 1.44. The number of hydrogen-bond acceptors (Lipinski definition) is 3. The molecule has 0 aromatic heterocycles. The Balaban J connectivity index is 1.58. The smallest absolute Gasteiger partial charge is 0.223 e. The minimum Gasteiger partial charge on any atom is -0.370 e. The first kappa shape index (κ1) is 18.9. The number of hydrogen-bond donors (Lipinski definition) is 0. The van der Waals surface area contributed by atoms with Crippen molar-refractivity contribution in [2.75, 3.05) is 19.7 Å². The van der Waals surface area contributed by atoms with Gasteiger partial charge in [-0.25, -0.2) is 0 Å². The van der Waals surface area contributed by atoms with Crippen molar-refractivity contribution in [2.45, 2.75) is 18.9 Å². The van der Waals surface area contributed by atoms with E-state index in [9.17, 15) is 9.59 Å². The van der Waals surface area contributed by atoms with Gasteiger partial charge in [0.2, 0.25) is 5.91 Å². The number of ether oxygens (including phenoxy) is 1. The molecule has 1 heterocycles. The average molecular weight is 392 g/mol. The molecule has 2 aromatic carbocycles. The van der Waals surface area contributed by atoms with Gasteiger partial charge in [-0.1, -0.05) is 47.5 Å². The first-order chi connectivity index (χ1) is 12.5. The Bertz CT molecular complexity index is 809.